The zero-order valence-electron chi connectivity index (χ0n) is 11.8. The molecular weight excluding hydrogens is 266 g/mol. The summed E-state index contributed by atoms with van der Waals surface area (Å²) < 4.78 is 0. The molecule has 9 heteroatoms. The van der Waals surface area contributed by atoms with E-state index in [0.29, 0.717) is 6.42 Å². The Balaban J connectivity index is 4.92. The van der Waals surface area contributed by atoms with Gasteiger partial charge < -0.3 is 10.0 Å². The highest BCUT2D eigenvalue weighted by Crippen LogP contribution is 2.09. The van der Waals surface area contributed by atoms with E-state index in [2.05, 4.69) is 5.43 Å². The predicted octanol–water partition coefficient (Wildman–Crippen LogP) is -1.70. The summed E-state index contributed by atoms with van der Waals surface area (Å²) in [7, 11) is 1.35. The quantitative estimate of drug-likeness (QED) is 0.193. The van der Waals surface area contributed by atoms with E-state index >= 15 is 0 Å². The molecule has 0 saturated carbocycles. The Bertz CT molecular complexity index is 350. The molecular formula is C11H23N5O4. The molecule has 2 atom stereocenters. The molecule has 2 amide bonds. The number of nitrogens with two attached hydrogens (primary N) is 2. The summed E-state index contributed by atoms with van der Waals surface area (Å²) in [5.74, 6) is 7.93. The Hall–Kier alpha value is -1.71. The van der Waals surface area contributed by atoms with E-state index < -0.39 is 36.3 Å². The highest BCUT2D eigenvalue weighted by molar-refractivity contribution is 5.91. The highest BCUT2D eigenvalue weighted by Gasteiger charge is 2.31. The van der Waals surface area contributed by atoms with Gasteiger partial charge in [0.25, 0.3) is 5.91 Å². The largest absolute Gasteiger partial charge is 0.481 e. The molecule has 116 valence electrons. The smallest absolute Gasteiger partial charge is 0.305 e. The maximum absolute atomic E-state index is 12.2. The number of carboxylic acid groups (broad SMARTS) is 1. The first-order valence-electron chi connectivity index (χ1n) is 6.34. The second-order valence-corrected chi connectivity index (χ2v) is 4.43. The number of rotatable bonds is 9. The first kappa shape index (κ1) is 18.3. The third-order valence-corrected chi connectivity index (χ3v) is 2.97. The number of nitrogens with one attached hydrogen (secondary N) is 2. The second kappa shape index (κ2) is 9.23. The van der Waals surface area contributed by atoms with Gasteiger partial charge in [-0.05, 0) is 6.42 Å². The lowest BCUT2D eigenvalue weighted by molar-refractivity contribution is -0.146. The van der Waals surface area contributed by atoms with Crippen LogP contribution in [0, 0.1) is 0 Å². The van der Waals surface area contributed by atoms with E-state index in [0.717, 1.165) is 17.7 Å². The van der Waals surface area contributed by atoms with E-state index in [1.165, 1.54) is 7.05 Å². The number of hydrogen-bond donors (Lipinski definition) is 5. The van der Waals surface area contributed by atoms with Crippen LogP contribution in [0.25, 0.3) is 0 Å². The molecule has 0 bridgehead atoms. The summed E-state index contributed by atoms with van der Waals surface area (Å²) in [4.78, 5) is 35.6. The molecule has 0 aromatic rings. The molecule has 0 aromatic heterocycles. The van der Waals surface area contributed by atoms with E-state index in [1.807, 2.05) is 12.3 Å². The fourth-order valence-electron chi connectivity index (χ4n) is 1.75. The topological polar surface area (TPSA) is 151 Å². The minimum Gasteiger partial charge on any atom is -0.481 e. The molecule has 20 heavy (non-hydrogen) atoms. The normalized spacial score (nSPS) is 13.4. The predicted molar refractivity (Wildman–Crippen MR) is 71.8 cm³/mol. The lowest BCUT2D eigenvalue weighted by Crippen LogP contribution is -2.56. The number of carboxylic acids is 1. The van der Waals surface area contributed by atoms with Crippen LogP contribution in [0.3, 0.4) is 0 Å². The molecule has 0 saturated heterocycles. The van der Waals surface area contributed by atoms with Gasteiger partial charge in [0, 0.05) is 7.05 Å². The molecule has 0 fully saturated rings. The van der Waals surface area contributed by atoms with Crippen molar-refractivity contribution >= 4 is 17.8 Å². The third-order valence-electron chi connectivity index (χ3n) is 2.97. The summed E-state index contributed by atoms with van der Waals surface area (Å²) in [5.41, 5.74) is 4.24. The highest BCUT2D eigenvalue weighted by atomic mass is 16.4. The number of carbonyl (C=O) groups excluding carboxylic acids is 2. The molecule has 9 nitrogen and oxygen atoms in total. The van der Waals surface area contributed by atoms with Gasteiger partial charge in [-0.3, -0.25) is 25.7 Å². The Morgan fingerprint density at radius 2 is 1.90 bits per heavy atom. The molecule has 0 heterocycles. The Morgan fingerprint density at radius 1 is 1.30 bits per heavy atom. The van der Waals surface area contributed by atoms with Crippen molar-refractivity contribution in [3.63, 3.8) is 0 Å². The summed E-state index contributed by atoms with van der Waals surface area (Å²) in [6.45, 7) is 1.97. The first-order valence-corrected chi connectivity index (χ1v) is 6.34. The second-order valence-electron chi connectivity index (χ2n) is 4.43. The number of carbonyl (C=O) groups is 3. The van der Waals surface area contributed by atoms with Crippen LogP contribution in [-0.4, -0.2) is 46.9 Å². The van der Waals surface area contributed by atoms with Crippen LogP contribution in [0.1, 0.15) is 32.6 Å². The van der Waals surface area contributed by atoms with Gasteiger partial charge in [0.1, 0.15) is 6.04 Å². The van der Waals surface area contributed by atoms with Crippen LogP contribution < -0.4 is 22.5 Å². The molecule has 0 rings (SSSR count). The molecule has 0 aliphatic carbocycles. The fraction of sp³-hybridized carbons (Fsp3) is 0.727. The number of hydrazine groups is 2. The van der Waals surface area contributed by atoms with Crippen LogP contribution in [-0.2, 0) is 14.4 Å². The van der Waals surface area contributed by atoms with E-state index in [9.17, 15) is 14.4 Å². The first-order chi connectivity index (χ1) is 9.38. The van der Waals surface area contributed by atoms with Crippen molar-refractivity contribution in [1.82, 2.24) is 15.8 Å². The van der Waals surface area contributed by atoms with Crippen LogP contribution in [0.4, 0.5) is 0 Å². The summed E-state index contributed by atoms with van der Waals surface area (Å²) >= 11 is 0. The van der Waals surface area contributed by atoms with E-state index in [4.69, 9.17) is 16.8 Å². The number of hydrogen-bond acceptors (Lipinski definition) is 6. The number of nitrogens with zero attached hydrogens (tertiary/aromatic N) is 1. The van der Waals surface area contributed by atoms with Crippen molar-refractivity contribution in [3.05, 3.63) is 0 Å². The minimum absolute atomic E-state index is 0.448. The van der Waals surface area contributed by atoms with Crippen molar-refractivity contribution in [2.75, 3.05) is 7.05 Å². The number of aliphatic carboxylic acids is 1. The van der Waals surface area contributed by atoms with Gasteiger partial charge in [-0.2, -0.15) is 0 Å². The van der Waals surface area contributed by atoms with Crippen molar-refractivity contribution < 1.29 is 19.5 Å². The number of unbranched alkanes of at least 4 members (excludes halogenated alkanes) is 1. The average Bonchev–Trinajstić information content (AvgIpc) is 2.43. The van der Waals surface area contributed by atoms with Gasteiger partial charge in [-0.1, -0.05) is 19.8 Å². The molecule has 0 aliphatic heterocycles. The molecule has 0 radical (unpaired) electrons. The average molecular weight is 289 g/mol. The standard InChI is InChI=1S/C11H23N5O4/c1-3-4-5-7(14-12)11(20)16(2)8(6-9(17)18)10(19)15-13/h7-8,14H,3-6,12-13H2,1-2H3,(H,15,19)(H,17,18)/t7-,8+/m0/s1. The maximum atomic E-state index is 12.2. The molecule has 0 aliphatic rings. The van der Waals surface area contributed by atoms with E-state index in [1.54, 1.807) is 0 Å². The van der Waals surface area contributed by atoms with Gasteiger partial charge in [-0.25, -0.2) is 11.3 Å². The Labute approximate surface area is 117 Å². The van der Waals surface area contributed by atoms with Crippen LogP contribution in [0.2, 0.25) is 0 Å². The van der Waals surface area contributed by atoms with E-state index in [-0.39, 0.29) is 0 Å². The molecule has 0 unspecified atom stereocenters. The third kappa shape index (κ3) is 5.51. The number of likely N-dealkylation sites (N-methyl/N-ethyl adjacent to an activating group) is 1. The number of amides is 2. The molecule has 7 N–H and O–H groups in total. The van der Waals surface area contributed by atoms with Gasteiger partial charge in [0.05, 0.1) is 12.5 Å². The lowest BCUT2D eigenvalue weighted by Gasteiger charge is -2.29. The monoisotopic (exact) mass is 289 g/mol. The van der Waals surface area contributed by atoms with Gasteiger partial charge >= 0.3 is 5.97 Å². The van der Waals surface area contributed by atoms with Gasteiger partial charge in [0.15, 0.2) is 0 Å². The van der Waals surface area contributed by atoms with Crippen LogP contribution in [0.15, 0.2) is 0 Å². The zero-order valence-corrected chi connectivity index (χ0v) is 11.8. The molecule has 0 spiro atoms. The summed E-state index contributed by atoms with van der Waals surface area (Å²) in [6, 6.07) is -1.84. The SMILES string of the molecule is CCCC[C@H](NN)C(=O)N(C)[C@H](CC(=O)O)C(=O)NN. The minimum atomic E-state index is -1.20. The van der Waals surface area contributed by atoms with Crippen molar-refractivity contribution in [2.45, 2.75) is 44.7 Å². The van der Waals surface area contributed by atoms with Crippen LogP contribution >= 0.6 is 0 Å². The van der Waals surface area contributed by atoms with Crippen molar-refractivity contribution in [3.8, 4) is 0 Å². The van der Waals surface area contributed by atoms with Crippen molar-refractivity contribution in [1.29, 1.82) is 0 Å². The fourth-order valence-corrected chi connectivity index (χ4v) is 1.75. The van der Waals surface area contributed by atoms with Gasteiger partial charge in [0.2, 0.25) is 5.91 Å². The molecule has 0 aromatic carbocycles. The summed E-state index contributed by atoms with van der Waals surface area (Å²) in [5, 5.41) is 8.80. The summed E-state index contributed by atoms with van der Waals surface area (Å²) in [6.07, 6.45) is 1.63. The Kier molecular flexibility index (Phi) is 8.45. The van der Waals surface area contributed by atoms with Crippen molar-refractivity contribution in [2.24, 2.45) is 11.7 Å². The zero-order chi connectivity index (χ0) is 15.7. The Morgan fingerprint density at radius 3 is 2.30 bits per heavy atom. The maximum Gasteiger partial charge on any atom is 0.305 e. The van der Waals surface area contributed by atoms with Gasteiger partial charge in [-0.15, -0.1) is 0 Å². The lowest BCUT2D eigenvalue weighted by atomic mass is 10.1. The van der Waals surface area contributed by atoms with Crippen LogP contribution in [0.5, 0.6) is 0 Å².